The van der Waals surface area contributed by atoms with Crippen molar-refractivity contribution in [3.05, 3.63) is 11.8 Å². The lowest BCUT2D eigenvalue weighted by Crippen LogP contribution is -2.43. The highest BCUT2D eigenvalue weighted by atomic mass is 35.5. The molecule has 0 saturated carbocycles. The first-order valence-corrected chi connectivity index (χ1v) is 6.64. The van der Waals surface area contributed by atoms with E-state index in [0.29, 0.717) is 45.0 Å². The molecule has 1 aliphatic rings. The van der Waals surface area contributed by atoms with Gasteiger partial charge >= 0.3 is 0 Å². The summed E-state index contributed by atoms with van der Waals surface area (Å²) in [5.74, 6) is 0.0879. The van der Waals surface area contributed by atoms with Crippen molar-refractivity contribution < 1.29 is 9.59 Å². The van der Waals surface area contributed by atoms with Crippen molar-refractivity contribution in [1.29, 1.82) is 5.26 Å². The number of halogens is 1. The molecule has 1 saturated heterocycles. The lowest BCUT2D eigenvalue weighted by atomic mass is 10.2. The van der Waals surface area contributed by atoms with Gasteiger partial charge in [0.2, 0.25) is 6.41 Å². The summed E-state index contributed by atoms with van der Waals surface area (Å²) in [7, 11) is 0. The van der Waals surface area contributed by atoms with Gasteiger partial charge < -0.3 is 15.1 Å². The maximum absolute atomic E-state index is 11.7. The number of carbonyl (C=O) groups excluding carboxylic acids is 2. The molecular weight excluding hydrogens is 268 g/mol. The number of nitrogens with one attached hydrogen (secondary N) is 1. The normalized spacial score (nSPS) is 15.9. The molecule has 1 N–H and O–H groups in total. The molecule has 0 aliphatic carbocycles. The van der Waals surface area contributed by atoms with Gasteiger partial charge in [-0.25, -0.2) is 0 Å². The molecule has 0 spiro atoms. The van der Waals surface area contributed by atoms with Gasteiger partial charge in [0.05, 0.1) is 0 Å². The number of piperazine rings is 1. The molecule has 104 valence electrons. The average molecular weight is 285 g/mol. The smallest absolute Gasteiger partial charge is 0.263 e. The minimum atomic E-state index is -0.384. The fourth-order valence-electron chi connectivity index (χ4n) is 1.66. The molecule has 19 heavy (non-hydrogen) atoms. The Morgan fingerprint density at radius 2 is 1.95 bits per heavy atom. The molecule has 2 amide bonds. The van der Waals surface area contributed by atoms with Gasteiger partial charge in [-0.15, -0.1) is 11.6 Å². The number of hydrogen-bond donors (Lipinski definition) is 1. The van der Waals surface area contributed by atoms with Crippen LogP contribution in [0.25, 0.3) is 0 Å². The number of alkyl halides is 1. The molecule has 0 radical (unpaired) electrons. The molecule has 1 fully saturated rings. The molecule has 0 aromatic rings. The van der Waals surface area contributed by atoms with Gasteiger partial charge in [0.1, 0.15) is 11.6 Å². The van der Waals surface area contributed by atoms with Crippen molar-refractivity contribution in [3.63, 3.8) is 0 Å². The Morgan fingerprint density at radius 3 is 2.47 bits per heavy atom. The van der Waals surface area contributed by atoms with Crippen LogP contribution in [0.1, 0.15) is 6.42 Å². The number of hydrogen-bond acceptors (Lipinski definition) is 4. The van der Waals surface area contributed by atoms with Gasteiger partial charge in [-0.2, -0.15) is 5.26 Å². The van der Waals surface area contributed by atoms with E-state index in [2.05, 4.69) is 5.32 Å². The molecule has 6 nitrogen and oxygen atoms in total. The summed E-state index contributed by atoms with van der Waals surface area (Å²) in [4.78, 5) is 25.8. The number of nitriles is 1. The van der Waals surface area contributed by atoms with Crippen LogP contribution in [0.2, 0.25) is 0 Å². The Hall–Kier alpha value is -1.74. The molecule has 1 rings (SSSR count). The van der Waals surface area contributed by atoms with E-state index >= 15 is 0 Å². The lowest BCUT2D eigenvalue weighted by molar-refractivity contribution is -0.119. The van der Waals surface area contributed by atoms with Crippen molar-refractivity contribution >= 4 is 23.9 Å². The molecule has 7 heteroatoms. The van der Waals surface area contributed by atoms with Crippen LogP contribution in [0, 0.1) is 11.3 Å². The highest BCUT2D eigenvalue weighted by molar-refractivity contribution is 6.17. The lowest BCUT2D eigenvalue weighted by Gasteiger charge is -2.31. The molecule has 0 unspecified atom stereocenters. The Balaban J connectivity index is 2.50. The van der Waals surface area contributed by atoms with Gasteiger partial charge in [-0.1, -0.05) is 0 Å². The highest BCUT2D eigenvalue weighted by Crippen LogP contribution is 2.03. The fraction of sp³-hybridized carbons (Fsp3) is 0.583. The van der Waals surface area contributed by atoms with Crippen LogP contribution in [0.15, 0.2) is 11.8 Å². The second kappa shape index (κ2) is 8.38. The van der Waals surface area contributed by atoms with Crippen LogP contribution < -0.4 is 5.32 Å². The summed E-state index contributed by atoms with van der Waals surface area (Å²) in [5, 5.41) is 11.6. The van der Waals surface area contributed by atoms with E-state index in [0.717, 1.165) is 6.41 Å². The molecule has 1 aliphatic heterocycles. The zero-order valence-electron chi connectivity index (χ0n) is 10.6. The summed E-state index contributed by atoms with van der Waals surface area (Å²) in [6, 6.07) is 1.89. The summed E-state index contributed by atoms with van der Waals surface area (Å²) in [5.41, 5.74) is 0.0779. The van der Waals surface area contributed by atoms with Gasteiger partial charge in [-0.3, -0.25) is 9.59 Å². The van der Waals surface area contributed by atoms with Crippen molar-refractivity contribution in [3.8, 4) is 6.07 Å². The molecule has 0 atom stereocenters. The van der Waals surface area contributed by atoms with Gasteiger partial charge in [0.25, 0.3) is 5.91 Å². The van der Waals surface area contributed by atoms with Crippen LogP contribution in [-0.2, 0) is 9.59 Å². The first kappa shape index (κ1) is 15.3. The van der Waals surface area contributed by atoms with Crippen LogP contribution >= 0.6 is 11.6 Å². The SMILES string of the molecule is N#C/C(=C/N1CCN(C=O)CC1)C(=O)NCCCCl. The van der Waals surface area contributed by atoms with E-state index in [1.165, 1.54) is 0 Å². The molecule has 1 heterocycles. The number of carbonyl (C=O) groups is 2. The Labute approximate surface area is 117 Å². The van der Waals surface area contributed by atoms with E-state index in [-0.39, 0.29) is 11.5 Å². The predicted octanol–water partition coefficient (Wildman–Crippen LogP) is -0.0870. The van der Waals surface area contributed by atoms with Crippen molar-refractivity contribution in [2.75, 3.05) is 38.6 Å². The largest absolute Gasteiger partial charge is 0.373 e. The quantitative estimate of drug-likeness (QED) is 0.243. The van der Waals surface area contributed by atoms with Crippen LogP contribution in [0.4, 0.5) is 0 Å². The Kier molecular flexibility index (Phi) is 6.75. The van der Waals surface area contributed by atoms with E-state index in [1.807, 2.05) is 11.0 Å². The second-order valence-corrected chi connectivity index (χ2v) is 4.51. The Morgan fingerprint density at radius 1 is 1.32 bits per heavy atom. The minimum Gasteiger partial charge on any atom is -0.373 e. The second-order valence-electron chi connectivity index (χ2n) is 4.13. The Bertz CT molecular complexity index is 384. The van der Waals surface area contributed by atoms with Gasteiger partial charge in [0.15, 0.2) is 0 Å². The van der Waals surface area contributed by atoms with Crippen molar-refractivity contribution in [2.45, 2.75) is 6.42 Å². The minimum absolute atomic E-state index is 0.0779. The first-order valence-electron chi connectivity index (χ1n) is 6.10. The standard InChI is InChI=1S/C12H17ClN4O2/c13-2-1-3-15-12(19)11(8-14)9-16-4-6-17(10-18)7-5-16/h9-10H,1-7H2,(H,15,19)/b11-9-. The number of nitrogens with zero attached hydrogens (tertiary/aromatic N) is 3. The van der Waals surface area contributed by atoms with E-state index in [4.69, 9.17) is 16.9 Å². The molecular formula is C12H17ClN4O2. The average Bonchev–Trinajstić information content (AvgIpc) is 2.45. The van der Waals surface area contributed by atoms with Crippen molar-refractivity contribution in [1.82, 2.24) is 15.1 Å². The summed E-state index contributed by atoms with van der Waals surface area (Å²) in [6.07, 6.45) is 3.04. The van der Waals surface area contributed by atoms with Crippen LogP contribution in [-0.4, -0.2) is 60.7 Å². The monoisotopic (exact) mass is 284 g/mol. The van der Waals surface area contributed by atoms with E-state index in [1.54, 1.807) is 11.1 Å². The molecule has 0 aromatic heterocycles. The zero-order valence-corrected chi connectivity index (χ0v) is 11.4. The maximum atomic E-state index is 11.7. The van der Waals surface area contributed by atoms with Crippen LogP contribution in [0.5, 0.6) is 0 Å². The molecule has 0 bridgehead atoms. The summed E-state index contributed by atoms with van der Waals surface area (Å²) < 4.78 is 0. The third-order valence-electron chi connectivity index (χ3n) is 2.77. The van der Waals surface area contributed by atoms with E-state index < -0.39 is 0 Å². The molecule has 0 aromatic carbocycles. The first-order chi connectivity index (χ1) is 9.21. The number of amides is 2. The third kappa shape index (κ3) is 5.18. The fourth-order valence-corrected chi connectivity index (χ4v) is 1.79. The third-order valence-corrected chi connectivity index (χ3v) is 3.04. The predicted molar refractivity (Wildman–Crippen MR) is 71.3 cm³/mol. The van der Waals surface area contributed by atoms with Gasteiger partial charge in [0, 0.05) is 44.8 Å². The zero-order chi connectivity index (χ0) is 14.1. The topological polar surface area (TPSA) is 76.4 Å². The highest BCUT2D eigenvalue weighted by Gasteiger charge is 2.15. The van der Waals surface area contributed by atoms with Crippen LogP contribution in [0.3, 0.4) is 0 Å². The maximum Gasteiger partial charge on any atom is 0.263 e. The van der Waals surface area contributed by atoms with Gasteiger partial charge in [-0.05, 0) is 6.42 Å². The van der Waals surface area contributed by atoms with Crippen molar-refractivity contribution in [2.24, 2.45) is 0 Å². The van der Waals surface area contributed by atoms with E-state index in [9.17, 15) is 9.59 Å². The summed E-state index contributed by atoms with van der Waals surface area (Å²) in [6.45, 7) is 2.91. The summed E-state index contributed by atoms with van der Waals surface area (Å²) >= 11 is 5.51. The number of rotatable bonds is 6.